The Morgan fingerprint density at radius 1 is 1.47 bits per heavy atom. The van der Waals surface area contributed by atoms with Crippen LogP contribution in [0, 0.1) is 5.82 Å². The number of benzene rings is 1. The zero-order valence-electron chi connectivity index (χ0n) is 8.48. The molecule has 0 bridgehead atoms. The highest BCUT2D eigenvalue weighted by Gasteiger charge is 2.16. The Balaban J connectivity index is 2.52. The van der Waals surface area contributed by atoms with Gasteiger partial charge in [-0.05, 0) is 6.07 Å². The lowest BCUT2D eigenvalue weighted by atomic mass is 10.1. The fourth-order valence-corrected chi connectivity index (χ4v) is 1.43. The molecule has 0 aliphatic rings. The molecule has 0 atom stereocenters. The smallest absolute Gasteiger partial charge is 0.358 e. The molecule has 6 heteroatoms. The number of hydrogen-bond donors (Lipinski definition) is 1. The lowest BCUT2D eigenvalue weighted by Crippen LogP contribution is -1.94. The second-order valence-corrected chi connectivity index (χ2v) is 3.28. The van der Waals surface area contributed by atoms with Crippen LogP contribution in [-0.2, 0) is 6.67 Å². The van der Waals surface area contributed by atoms with Crippen LogP contribution >= 0.6 is 0 Å². The molecule has 1 aromatic heterocycles. The van der Waals surface area contributed by atoms with Crippen molar-refractivity contribution in [3.05, 3.63) is 41.3 Å². The molecule has 2 rings (SSSR count). The van der Waals surface area contributed by atoms with E-state index < -0.39 is 18.5 Å². The highest BCUT2D eigenvalue weighted by Crippen LogP contribution is 2.27. The van der Waals surface area contributed by atoms with E-state index in [2.05, 4.69) is 5.16 Å². The van der Waals surface area contributed by atoms with E-state index in [0.29, 0.717) is 0 Å². The van der Waals surface area contributed by atoms with E-state index in [1.54, 1.807) is 0 Å². The topological polar surface area (TPSA) is 63.3 Å². The third-order valence-corrected chi connectivity index (χ3v) is 2.25. The summed E-state index contributed by atoms with van der Waals surface area (Å²) in [5, 5.41) is 11.9. The van der Waals surface area contributed by atoms with Crippen LogP contribution in [0.2, 0.25) is 0 Å². The molecule has 2 aromatic rings. The van der Waals surface area contributed by atoms with Crippen molar-refractivity contribution in [2.45, 2.75) is 6.67 Å². The van der Waals surface area contributed by atoms with Gasteiger partial charge in [-0.3, -0.25) is 0 Å². The van der Waals surface area contributed by atoms with Crippen LogP contribution in [-0.4, -0.2) is 16.2 Å². The molecule has 0 unspecified atom stereocenters. The van der Waals surface area contributed by atoms with Crippen LogP contribution in [0.15, 0.2) is 28.8 Å². The van der Waals surface area contributed by atoms with Gasteiger partial charge in [0.05, 0.1) is 0 Å². The minimum absolute atomic E-state index is 0.0227. The molecule has 0 saturated carbocycles. The first kappa shape index (κ1) is 11.3. The predicted molar refractivity (Wildman–Crippen MR) is 53.7 cm³/mol. The Kier molecular flexibility index (Phi) is 2.86. The summed E-state index contributed by atoms with van der Waals surface area (Å²) in [4.78, 5) is 10.6. The molecule has 0 aliphatic heterocycles. The average molecular weight is 239 g/mol. The summed E-state index contributed by atoms with van der Waals surface area (Å²) < 4.78 is 30.7. The van der Waals surface area contributed by atoms with Crippen molar-refractivity contribution in [2.24, 2.45) is 0 Å². The van der Waals surface area contributed by atoms with Crippen molar-refractivity contribution >= 4 is 5.97 Å². The Morgan fingerprint density at radius 3 is 2.82 bits per heavy atom. The van der Waals surface area contributed by atoms with Gasteiger partial charge in [0.25, 0.3) is 0 Å². The number of carbonyl (C=O) groups is 1. The van der Waals surface area contributed by atoms with Crippen LogP contribution in [0.4, 0.5) is 8.78 Å². The fraction of sp³-hybridized carbons (Fsp3) is 0.0909. The maximum Gasteiger partial charge on any atom is 0.358 e. The van der Waals surface area contributed by atoms with Gasteiger partial charge in [0.15, 0.2) is 11.5 Å². The predicted octanol–water partition coefficient (Wildman–Crippen LogP) is 2.65. The zero-order valence-corrected chi connectivity index (χ0v) is 8.48. The van der Waals surface area contributed by atoms with Gasteiger partial charge in [0, 0.05) is 17.2 Å². The molecule has 0 saturated heterocycles. The number of carboxylic acid groups (broad SMARTS) is 1. The maximum atomic E-state index is 13.3. The zero-order chi connectivity index (χ0) is 12.4. The van der Waals surface area contributed by atoms with Crippen LogP contribution in [0.1, 0.15) is 16.1 Å². The molecule has 0 fully saturated rings. The second-order valence-electron chi connectivity index (χ2n) is 3.28. The number of alkyl halides is 1. The number of carboxylic acids is 1. The number of aromatic nitrogens is 1. The minimum Gasteiger partial charge on any atom is -0.476 e. The van der Waals surface area contributed by atoms with Crippen molar-refractivity contribution in [1.29, 1.82) is 0 Å². The molecule has 4 nitrogen and oxygen atoms in total. The summed E-state index contributed by atoms with van der Waals surface area (Å²) in [5.41, 5.74) is -0.331. The third-order valence-electron chi connectivity index (χ3n) is 2.25. The minimum atomic E-state index is -1.27. The van der Waals surface area contributed by atoms with Gasteiger partial charge >= 0.3 is 5.97 Å². The first-order valence-corrected chi connectivity index (χ1v) is 4.67. The quantitative estimate of drug-likeness (QED) is 0.894. The molecule has 0 radical (unpaired) electrons. The number of nitrogens with zero attached hydrogens (tertiary/aromatic N) is 1. The number of rotatable bonds is 3. The summed E-state index contributed by atoms with van der Waals surface area (Å²) in [6.45, 7) is -1.01. The molecule has 88 valence electrons. The van der Waals surface area contributed by atoms with Gasteiger partial charge in [0.1, 0.15) is 12.5 Å². The van der Waals surface area contributed by atoms with Crippen LogP contribution in [0.5, 0.6) is 0 Å². The molecule has 17 heavy (non-hydrogen) atoms. The summed E-state index contributed by atoms with van der Waals surface area (Å²) in [6, 6.07) is 5.06. The first-order chi connectivity index (χ1) is 8.13. The van der Waals surface area contributed by atoms with Gasteiger partial charge in [-0.2, -0.15) is 0 Å². The van der Waals surface area contributed by atoms with Gasteiger partial charge in [0.2, 0.25) is 0 Å². The number of aromatic carboxylic acids is 1. The Hall–Kier alpha value is -2.24. The van der Waals surface area contributed by atoms with Crippen LogP contribution in [0.25, 0.3) is 11.3 Å². The van der Waals surface area contributed by atoms with Crippen molar-refractivity contribution < 1.29 is 23.2 Å². The summed E-state index contributed by atoms with van der Waals surface area (Å²) in [5.74, 6) is -1.95. The summed E-state index contributed by atoms with van der Waals surface area (Å²) >= 11 is 0. The van der Waals surface area contributed by atoms with Crippen LogP contribution in [0.3, 0.4) is 0 Å². The monoisotopic (exact) mass is 239 g/mol. The second kappa shape index (κ2) is 4.32. The SMILES string of the molecule is O=C(O)c1cc(-c2cccc(F)c2CF)on1. The van der Waals surface area contributed by atoms with Gasteiger partial charge in [-0.25, -0.2) is 13.6 Å². The van der Waals surface area contributed by atoms with Crippen LogP contribution < -0.4 is 0 Å². The normalized spacial score (nSPS) is 10.5. The van der Waals surface area contributed by atoms with E-state index in [0.717, 1.165) is 12.1 Å². The molecule has 0 aliphatic carbocycles. The molecule has 1 aromatic carbocycles. The average Bonchev–Trinajstić information content (AvgIpc) is 2.77. The Bertz CT molecular complexity index is 566. The summed E-state index contributed by atoms with van der Waals surface area (Å²) in [6.07, 6.45) is 0. The fourth-order valence-electron chi connectivity index (χ4n) is 1.43. The van der Waals surface area contributed by atoms with Gasteiger partial charge in [-0.1, -0.05) is 17.3 Å². The van der Waals surface area contributed by atoms with Crippen molar-refractivity contribution in [2.75, 3.05) is 0 Å². The molecular formula is C11H7F2NO3. The van der Waals surface area contributed by atoms with Gasteiger partial charge in [-0.15, -0.1) is 0 Å². The summed E-state index contributed by atoms with van der Waals surface area (Å²) in [7, 11) is 0. The van der Waals surface area contributed by atoms with E-state index in [1.807, 2.05) is 0 Å². The Morgan fingerprint density at radius 2 is 2.24 bits per heavy atom. The highest BCUT2D eigenvalue weighted by molar-refractivity contribution is 5.86. The molecular weight excluding hydrogens is 232 g/mol. The van der Waals surface area contributed by atoms with Gasteiger partial charge < -0.3 is 9.63 Å². The van der Waals surface area contributed by atoms with Crippen molar-refractivity contribution in [3.8, 4) is 11.3 Å². The molecule has 0 spiro atoms. The van der Waals surface area contributed by atoms with E-state index in [4.69, 9.17) is 9.63 Å². The lowest BCUT2D eigenvalue weighted by Gasteiger charge is -2.03. The maximum absolute atomic E-state index is 13.3. The lowest BCUT2D eigenvalue weighted by molar-refractivity contribution is 0.0686. The van der Waals surface area contributed by atoms with E-state index in [1.165, 1.54) is 12.1 Å². The van der Waals surface area contributed by atoms with Crippen molar-refractivity contribution in [3.63, 3.8) is 0 Å². The first-order valence-electron chi connectivity index (χ1n) is 4.67. The number of hydrogen-bond acceptors (Lipinski definition) is 3. The largest absolute Gasteiger partial charge is 0.476 e. The molecule has 0 amide bonds. The van der Waals surface area contributed by atoms with E-state index in [9.17, 15) is 13.6 Å². The van der Waals surface area contributed by atoms with E-state index >= 15 is 0 Å². The van der Waals surface area contributed by atoms with E-state index in [-0.39, 0.29) is 22.6 Å². The standard InChI is InChI=1S/C11H7F2NO3/c12-5-7-6(2-1-3-8(7)13)10-4-9(11(15)16)14-17-10/h1-4H,5H2,(H,15,16). The highest BCUT2D eigenvalue weighted by atomic mass is 19.1. The number of halogens is 2. The Labute approximate surface area is 94.5 Å². The molecule has 1 N–H and O–H groups in total. The third kappa shape index (κ3) is 2.01. The van der Waals surface area contributed by atoms with Crippen molar-refractivity contribution in [1.82, 2.24) is 5.16 Å². The molecule has 1 heterocycles.